The monoisotopic (exact) mass is 311 g/mol. The number of fused-ring (bicyclic) bond motifs is 1. The standard InChI is InChI=1S/C13H10ClNO2S2/c14-9-3-1-7(2-4-9)10-8(5-16)6-18-12-11(10)19-13(17)15-12/h1-5,8,10H,6H2,(H,15,17). The predicted octanol–water partition coefficient (Wildman–Crippen LogP) is 3.14. The summed E-state index contributed by atoms with van der Waals surface area (Å²) >= 11 is 8.63. The average Bonchev–Trinajstić information content (AvgIpc) is 2.79. The summed E-state index contributed by atoms with van der Waals surface area (Å²) in [5, 5.41) is 1.56. The molecule has 3 nitrogen and oxygen atoms in total. The molecule has 19 heavy (non-hydrogen) atoms. The van der Waals surface area contributed by atoms with Crippen LogP contribution in [0.15, 0.2) is 34.1 Å². The molecule has 2 heterocycles. The molecule has 0 amide bonds. The Morgan fingerprint density at radius 2 is 2.05 bits per heavy atom. The molecule has 1 aromatic heterocycles. The van der Waals surface area contributed by atoms with Gasteiger partial charge >= 0.3 is 4.87 Å². The molecule has 98 valence electrons. The maximum atomic E-state index is 11.5. The number of aldehydes is 1. The summed E-state index contributed by atoms with van der Waals surface area (Å²) < 4.78 is 0. The van der Waals surface area contributed by atoms with Crippen molar-refractivity contribution in [3.05, 3.63) is 49.4 Å². The number of aromatic amines is 1. The molecule has 0 saturated carbocycles. The zero-order valence-electron chi connectivity index (χ0n) is 9.76. The largest absolute Gasteiger partial charge is 0.307 e. The minimum atomic E-state index is -0.106. The van der Waals surface area contributed by atoms with E-state index >= 15 is 0 Å². The predicted molar refractivity (Wildman–Crippen MR) is 78.5 cm³/mol. The van der Waals surface area contributed by atoms with Crippen LogP contribution in [0, 0.1) is 5.92 Å². The first kappa shape index (κ1) is 13.0. The van der Waals surface area contributed by atoms with Crippen LogP contribution in [0.5, 0.6) is 0 Å². The van der Waals surface area contributed by atoms with Gasteiger partial charge in [0, 0.05) is 27.5 Å². The smallest absolute Gasteiger partial charge is 0.305 e. The molecule has 1 aromatic carbocycles. The molecule has 1 aliphatic heterocycles. The lowest BCUT2D eigenvalue weighted by atomic mass is 9.87. The third-order valence-electron chi connectivity index (χ3n) is 3.18. The summed E-state index contributed by atoms with van der Waals surface area (Å²) in [5.41, 5.74) is 1.03. The molecule has 3 rings (SSSR count). The lowest BCUT2D eigenvalue weighted by Crippen LogP contribution is -2.21. The maximum absolute atomic E-state index is 11.5. The van der Waals surface area contributed by atoms with Crippen LogP contribution in [-0.4, -0.2) is 17.0 Å². The van der Waals surface area contributed by atoms with Crippen molar-refractivity contribution in [2.24, 2.45) is 5.92 Å². The van der Waals surface area contributed by atoms with Gasteiger partial charge in [-0.15, -0.1) is 11.8 Å². The second kappa shape index (κ2) is 5.15. The number of thioether (sulfide) groups is 1. The van der Waals surface area contributed by atoms with Crippen LogP contribution in [0.1, 0.15) is 16.4 Å². The van der Waals surface area contributed by atoms with E-state index in [1.807, 2.05) is 24.3 Å². The SMILES string of the molecule is O=CC1CSc2[nH]c(=O)sc2C1c1ccc(Cl)cc1. The van der Waals surface area contributed by atoms with Gasteiger partial charge in [0.15, 0.2) is 0 Å². The Bertz CT molecular complexity index is 662. The van der Waals surface area contributed by atoms with E-state index in [9.17, 15) is 9.59 Å². The van der Waals surface area contributed by atoms with Gasteiger partial charge in [0.05, 0.1) is 5.03 Å². The van der Waals surface area contributed by atoms with E-state index in [4.69, 9.17) is 11.6 Å². The molecule has 2 unspecified atom stereocenters. The number of hydrogen-bond donors (Lipinski definition) is 1. The van der Waals surface area contributed by atoms with E-state index in [2.05, 4.69) is 4.98 Å². The second-order valence-corrected chi connectivity index (χ2v) is 6.83. The van der Waals surface area contributed by atoms with E-state index in [-0.39, 0.29) is 16.7 Å². The first-order valence-corrected chi connectivity index (χ1v) is 7.93. The molecule has 0 fully saturated rings. The van der Waals surface area contributed by atoms with Gasteiger partial charge in [0.2, 0.25) is 0 Å². The number of halogens is 1. The summed E-state index contributed by atoms with van der Waals surface area (Å²) in [6.07, 6.45) is 0.986. The van der Waals surface area contributed by atoms with Gasteiger partial charge in [-0.2, -0.15) is 0 Å². The number of carbonyl (C=O) groups excluding carboxylic acids is 1. The van der Waals surface area contributed by atoms with E-state index in [0.29, 0.717) is 10.8 Å². The van der Waals surface area contributed by atoms with Crippen LogP contribution >= 0.6 is 34.7 Å². The van der Waals surface area contributed by atoms with Crippen molar-refractivity contribution in [1.29, 1.82) is 0 Å². The van der Waals surface area contributed by atoms with Crippen LogP contribution in [0.4, 0.5) is 0 Å². The van der Waals surface area contributed by atoms with Crippen molar-refractivity contribution >= 4 is 41.0 Å². The normalized spacial score (nSPS) is 21.9. The third kappa shape index (κ3) is 2.38. The Balaban J connectivity index is 2.12. The molecule has 2 atom stereocenters. The van der Waals surface area contributed by atoms with Crippen molar-refractivity contribution in [2.45, 2.75) is 10.9 Å². The molecule has 0 aliphatic carbocycles. The number of rotatable bonds is 2. The van der Waals surface area contributed by atoms with Crippen molar-refractivity contribution < 1.29 is 4.79 Å². The number of benzene rings is 1. The van der Waals surface area contributed by atoms with Gasteiger partial charge in [0.25, 0.3) is 0 Å². The molecule has 0 radical (unpaired) electrons. The van der Waals surface area contributed by atoms with Gasteiger partial charge in [0.1, 0.15) is 6.29 Å². The highest BCUT2D eigenvalue weighted by molar-refractivity contribution is 7.99. The van der Waals surface area contributed by atoms with Crippen molar-refractivity contribution in [3.63, 3.8) is 0 Å². The molecule has 0 bridgehead atoms. The Morgan fingerprint density at radius 3 is 2.74 bits per heavy atom. The molecule has 6 heteroatoms. The fourth-order valence-electron chi connectivity index (χ4n) is 2.29. The van der Waals surface area contributed by atoms with E-state index in [0.717, 1.165) is 21.8 Å². The Hall–Kier alpha value is -1.04. The Morgan fingerprint density at radius 1 is 1.32 bits per heavy atom. The minimum absolute atomic E-state index is 0.0463. The van der Waals surface area contributed by atoms with Gasteiger partial charge < -0.3 is 9.78 Å². The Labute approximate surface area is 123 Å². The number of H-pyrrole nitrogens is 1. The molecular formula is C13H10ClNO2S2. The molecule has 1 N–H and O–H groups in total. The van der Waals surface area contributed by atoms with E-state index in [1.54, 1.807) is 11.8 Å². The van der Waals surface area contributed by atoms with Crippen LogP contribution in [0.2, 0.25) is 5.02 Å². The van der Waals surface area contributed by atoms with Gasteiger partial charge in [-0.1, -0.05) is 35.1 Å². The van der Waals surface area contributed by atoms with Crippen molar-refractivity contribution in [1.82, 2.24) is 4.98 Å². The van der Waals surface area contributed by atoms with Crippen molar-refractivity contribution in [3.8, 4) is 0 Å². The average molecular weight is 312 g/mol. The lowest BCUT2D eigenvalue weighted by molar-refractivity contribution is -0.110. The summed E-state index contributed by atoms with van der Waals surface area (Å²) in [7, 11) is 0. The highest BCUT2D eigenvalue weighted by Crippen LogP contribution is 2.44. The molecular weight excluding hydrogens is 302 g/mol. The second-order valence-electron chi connectivity index (χ2n) is 4.35. The fourth-order valence-corrected chi connectivity index (χ4v) is 4.79. The van der Waals surface area contributed by atoms with E-state index in [1.165, 1.54) is 11.3 Å². The van der Waals surface area contributed by atoms with Crippen LogP contribution < -0.4 is 4.87 Å². The van der Waals surface area contributed by atoms with Crippen molar-refractivity contribution in [2.75, 3.05) is 5.75 Å². The Kier molecular flexibility index (Phi) is 3.52. The fraction of sp³-hybridized carbons (Fsp3) is 0.231. The highest BCUT2D eigenvalue weighted by atomic mass is 35.5. The first-order chi connectivity index (χ1) is 9.19. The quantitative estimate of drug-likeness (QED) is 0.867. The summed E-state index contributed by atoms with van der Waals surface area (Å²) in [6.45, 7) is 0. The van der Waals surface area contributed by atoms with Crippen LogP contribution in [0.3, 0.4) is 0 Å². The van der Waals surface area contributed by atoms with Gasteiger partial charge in [-0.25, -0.2) is 0 Å². The maximum Gasteiger partial charge on any atom is 0.305 e. The van der Waals surface area contributed by atoms with E-state index < -0.39 is 0 Å². The molecule has 1 aliphatic rings. The zero-order chi connectivity index (χ0) is 13.4. The van der Waals surface area contributed by atoms with Gasteiger partial charge in [-0.05, 0) is 17.7 Å². The molecule has 0 saturated heterocycles. The summed E-state index contributed by atoms with van der Waals surface area (Å²) in [6, 6.07) is 7.48. The lowest BCUT2D eigenvalue weighted by Gasteiger charge is -2.27. The first-order valence-electron chi connectivity index (χ1n) is 5.75. The van der Waals surface area contributed by atoms with Gasteiger partial charge in [-0.3, -0.25) is 4.79 Å². The number of thiazole rings is 1. The number of aromatic nitrogens is 1. The van der Waals surface area contributed by atoms with Crippen LogP contribution in [0.25, 0.3) is 0 Å². The zero-order valence-corrected chi connectivity index (χ0v) is 12.1. The van der Waals surface area contributed by atoms with Crippen LogP contribution in [-0.2, 0) is 4.79 Å². The topological polar surface area (TPSA) is 49.9 Å². The highest BCUT2D eigenvalue weighted by Gasteiger charge is 2.33. The summed E-state index contributed by atoms with van der Waals surface area (Å²) in [4.78, 5) is 26.6. The number of hydrogen-bond acceptors (Lipinski definition) is 4. The number of carbonyl (C=O) groups is 1. The molecule has 0 spiro atoms. The summed E-state index contributed by atoms with van der Waals surface area (Å²) in [5.74, 6) is 0.538. The number of nitrogens with one attached hydrogen (secondary N) is 1. The molecule has 2 aromatic rings. The third-order valence-corrected chi connectivity index (χ3v) is 5.69. The minimum Gasteiger partial charge on any atom is -0.307 e.